The average Bonchev–Trinajstić information content (AvgIpc) is 1.57. The van der Waals surface area contributed by atoms with Crippen LogP contribution in [-0.4, -0.2) is 0 Å². The highest BCUT2D eigenvalue weighted by molar-refractivity contribution is 7.99. The molecule has 0 radical (unpaired) electrons. The number of nitrogens with zero attached hydrogens (tertiary/aromatic N) is 1. The number of fused-ring (bicyclic) bond motifs is 21. The predicted molar refractivity (Wildman–Crippen MR) is 347 cm³/mol. The fourth-order valence-corrected chi connectivity index (χ4v) is 18.3. The maximum absolute atomic E-state index is 2.57. The van der Waals surface area contributed by atoms with Gasteiger partial charge in [-0.1, -0.05) is 272 Å². The van der Waals surface area contributed by atoms with Crippen molar-refractivity contribution in [2.24, 2.45) is 0 Å². The molecule has 0 aromatic heterocycles. The Hall–Kier alpha value is -9.64. The first-order valence-electron chi connectivity index (χ1n) is 29.1. The fourth-order valence-electron chi connectivity index (χ4n) is 15.9. The van der Waals surface area contributed by atoms with E-state index in [0.717, 1.165) is 28.2 Å². The standard InChI is InChI=1S/C81H51NS2/c1-3-23-53(24-4-1)79(54-25-5-2-6-26-54)64-31-11-7-28-58(64)61-46-43-52(49-73(61)79)57-27-10-18-38-74(57)82(55-44-47-67-62(50-55)59-29-8-12-32-65(59)80(67)69-34-14-19-39-75(69)83-76-40-20-15-35-70(76)80)56-45-48-68-63(51-56)60-30-9-13-33-66(60)81(68)71-36-16-21-41-77(71)84-78-42-22-17-37-72(78)81/h1-51H. The Labute approximate surface area is 498 Å². The average molecular weight is 1100 g/mol. The van der Waals surface area contributed by atoms with Crippen LogP contribution in [0.15, 0.2) is 329 Å². The lowest BCUT2D eigenvalue weighted by Crippen LogP contribution is -2.32. The third-order valence-electron chi connectivity index (χ3n) is 19.1. The summed E-state index contributed by atoms with van der Waals surface area (Å²) in [7, 11) is 0. The molecule has 0 fully saturated rings. The van der Waals surface area contributed by atoms with Gasteiger partial charge < -0.3 is 4.90 Å². The van der Waals surface area contributed by atoms with E-state index in [0.29, 0.717) is 0 Å². The van der Waals surface area contributed by atoms with Gasteiger partial charge in [0.25, 0.3) is 0 Å². The molecule has 0 saturated heterocycles. The molecule has 0 N–H and O–H groups in total. The first-order valence-corrected chi connectivity index (χ1v) is 30.8. The quantitative estimate of drug-likeness (QED) is 0.163. The number of anilines is 3. The van der Waals surface area contributed by atoms with Crippen molar-refractivity contribution in [3.8, 4) is 44.5 Å². The van der Waals surface area contributed by atoms with Crippen molar-refractivity contribution in [2.45, 2.75) is 35.8 Å². The zero-order valence-electron chi connectivity index (χ0n) is 45.7. The van der Waals surface area contributed by atoms with Gasteiger partial charge in [0.15, 0.2) is 0 Å². The van der Waals surface area contributed by atoms with Crippen LogP contribution in [0.4, 0.5) is 17.1 Å². The third-order valence-corrected chi connectivity index (χ3v) is 21.4. The van der Waals surface area contributed by atoms with Gasteiger partial charge in [-0.05, 0) is 166 Å². The molecule has 0 unspecified atom stereocenters. The first kappa shape index (κ1) is 47.9. The number of hydrogen-bond acceptors (Lipinski definition) is 3. The van der Waals surface area contributed by atoms with E-state index >= 15 is 0 Å². The normalized spacial score (nSPS) is 14.9. The van der Waals surface area contributed by atoms with Crippen molar-refractivity contribution in [3.63, 3.8) is 0 Å². The third kappa shape index (κ3) is 6.33. The lowest BCUT2D eigenvalue weighted by Gasteiger charge is -2.40. The largest absolute Gasteiger partial charge is 0.310 e. The highest BCUT2D eigenvalue weighted by atomic mass is 32.2. The van der Waals surface area contributed by atoms with Crippen LogP contribution in [0.3, 0.4) is 0 Å². The molecular formula is C81H51NS2. The molecule has 13 aromatic rings. The smallest absolute Gasteiger partial charge is 0.0735 e. The first-order chi connectivity index (χ1) is 41.7. The molecule has 0 atom stereocenters. The number of hydrogen-bond donors (Lipinski definition) is 0. The highest BCUT2D eigenvalue weighted by Crippen LogP contribution is 2.66. The van der Waals surface area contributed by atoms with Gasteiger partial charge in [-0.15, -0.1) is 0 Å². The van der Waals surface area contributed by atoms with E-state index in [1.54, 1.807) is 0 Å². The van der Waals surface area contributed by atoms with Crippen molar-refractivity contribution in [1.82, 2.24) is 0 Å². The lowest BCUT2D eigenvalue weighted by atomic mass is 9.67. The van der Waals surface area contributed by atoms with Crippen LogP contribution in [0.2, 0.25) is 0 Å². The second-order valence-corrected chi connectivity index (χ2v) is 25.0. The van der Waals surface area contributed by atoms with Gasteiger partial charge in [-0.25, -0.2) is 0 Å². The zero-order chi connectivity index (χ0) is 55.1. The molecule has 392 valence electrons. The molecule has 2 heterocycles. The summed E-state index contributed by atoms with van der Waals surface area (Å²) in [6.07, 6.45) is 0. The monoisotopic (exact) mass is 1100 g/mol. The van der Waals surface area contributed by atoms with Crippen molar-refractivity contribution in [1.29, 1.82) is 0 Å². The SMILES string of the molecule is c1ccc(C2(c3ccccc3)c3ccccc3-c3ccc(-c4ccccc4N(c4ccc5c(c4)-c4ccccc4C54c5ccccc5Sc5ccccc54)c4ccc5c(c4)-c4ccccc4C54c5ccccc5Sc5ccccc54)cc32)cc1. The molecule has 2 aliphatic heterocycles. The molecule has 84 heavy (non-hydrogen) atoms. The van der Waals surface area contributed by atoms with Crippen molar-refractivity contribution < 1.29 is 0 Å². The van der Waals surface area contributed by atoms with Gasteiger partial charge in [0.2, 0.25) is 0 Å². The van der Waals surface area contributed by atoms with Gasteiger partial charge in [-0.3, -0.25) is 0 Å². The molecule has 0 amide bonds. The zero-order valence-corrected chi connectivity index (χ0v) is 47.3. The van der Waals surface area contributed by atoms with E-state index in [1.807, 2.05) is 23.5 Å². The van der Waals surface area contributed by atoms with Gasteiger partial charge in [0.1, 0.15) is 0 Å². The summed E-state index contributed by atoms with van der Waals surface area (Å²) >= 11 is 3.78. The Morgan fingerprint density at radius 3 is 1.00 bits per heavy atom. The molecule has 2 spiro atoms. The number of rotatable bonds is 6. The summed E-state index contributed by atoms with van der Waals surface area (Å²) in [5.74, 6) is 0. The molecule has 0 saturated carbocycles. The van der Waals surface area contributed by atoms with E-state index < -0.39 is 16.2 Å². The van der Waals surface area contributed by atoms with E-state index in [4.69, 9.17) is 0 Å². The van der Waals surface area contributed by atoms with Gasteiger partial charge in [-0.2, -0.15) is 0 Å². The topological polar surface area (TPSA) is 3.24 Å². The number of benzene rings is 13. The van der Waals surface area contributed by atoms with Gasteiger partial charge >= 0.3 is 0 Å². The molecule has 3 aliphatic carbocycles. The molecule has 0 bridgehead atoms. The fraction of sp³-hybridized carbons (Fsp3) is 0.0370. The Kier molecular flexibility index (Phi) is 10.4. The minimum absolute atomic E-state index is 0.492. The van der Waals surface area contributed by atoms with Crippen LogP contribution in [0, 0.1) is 0 Å². The van der Waals surface area contributed by atoms with Gasteiger partial charge in [0.05, 0.1) is 21.9 Å². The molecule has 3 heteroatoms. The predicted octanol–water partition coefficient (Wildman–Crippen LogP) is 20.8. The molecular weight excluding hydrogens is 1050 g/mol. The van der Waals surface area contributed by atoms with Crippen molar-refractivity contribution >= 4 is 40.6 Å². The van der Waals surface area contributed by atoms with Gasteiger partial charge in [0, 0.05) is 36.5 Å². The van der Waals surface area contributed by atoms with Crippen LogP contribution in [0.1, 0.15) is 66.8 Å². The summed E-state index contributed by atoms with van der Waals surface area (Å²) in [4.78, 5) is 7.78. The summed E-state index contributed by atoms with van der Waals surface area (Å²) < 4.78 is 0. The minimum Gasteiger partial charge on any atom is -0.310 e. The maximum atomic E-state index is 2.57. The summed E-state index contributed by atoms with van der Waals surface area (Å²) in [5.41, 5.74) is 27.4. The Morgan fingerprint density at radius 2 is 0.548 bits per heavy atom. The van der Waals surface area contributed by atoms with E-state index in [1.165, 1.54) is 120 Å². The number of para-hydroxylation sites is 1. The second kappa shape index (κ2) is 18.2. The van der Waals surface area contributed by atoms with E-state index in [2.05, 4.69) is 314 Å². The summed E-state index contributed by atoms with van der Waals surface area (Å²) in [5, 5.41) is 0. The van der Waals surface area contributed by atoms with Crippen LogP contribution >= 0.6 is 23.5 Å². The van der Waals surface area contributed by atoms with E-state index in [9.17, 15) is 0 Å². The van der Waals surface area contributed by atoms with Crippen molar-refractivity contribution in [2.75, 3.05) is 4.90 Å². The molecule has 13 aromatic carbocycles. The van der Waals surface area contributed by atoms with Crippen LogP contribution in [0.5, 0.6) is 0 Å². The maximum Gasteiger partial charge on any atom is 0.0735 e. The summed E-state index contributed by atoms with van der Waals surface area (Å²) in [6.45, 7) is 0. The van der Waals surface area contributed by atoms with Crippen LogP contribution < -0.4 is 4.90 Å². The Balaban J connectivity index is 0.898. The minimum atomic E-state index is -0.546. The molecule has 18 rings (SSSR count). The molecule has 1 nitrogen and oxygen atoms in total. The molecule has 5 aliphatic rings. The second-order valence-electron chi connectivity index (χ2n) is 22.9. The highest BCUT2D eigenvalue weighted by Gasteiger charge is 2.53. The van der Waals surface area contributed by atoms with Crippen LogP contribution in [0.25, 0.3) is 44.5 Å². The van der Waals surface area contributed by atoms with Crippen molar-refractivity contribution in [3.05, 3.63) is 376 Å². The Morgan fingerprint density at radius 1 is 0.214 bits per heavy atom. The van der Waals surface area contributed by atoms with Crippen LogP contribution in [-0.2, 0) is 16.2 Å². The van der Waals surface area contributed by atoms with E-state index in [-0.39, 0.29) is 0 Å². The lowest BCUT2D eigenvalue weighted by molar-refractivity contribution is 0.722. The summed E-state index contributed by atoms with van der Waals surface area (Å²) in [6, 6.07) is 117. The Bertz CT molecular complexity index is 4560.